The molecule has 1 aromatic rings. The highest BCUT2D eigenvalue weighted by atomic mass is 16.5. The van der Waals surface area contributed by atoms with Crippen LogP contribution in [0.5, 0.6) is 0 Å². The number of ether oxygens (including phenoxy) is 1. The third-order valence-electron chi connectivity index (χ3n) is 1.91. The van der Waals surface area contributed by atoms with Crippen LogP contribution in [0.15, 0.2) is 16.7 Å². The Labute approximate surface area is 84.1 Å². The Hall–Kier alpha value is -1.09. The van der Waals surface area contributed by atoms with Gasteiger partial charge >= 0.3 is 0 Å². The Morgan fingerprint density at radius 3 is 2.86 bits per heavy atom. The third kappa shape index (κ3) is 2.70. The summed E-state index contributed by atoms with van der Waals surface area (Å²) >= 11 is 0. The molecule has 0 bridgehead atoms. The zero-order valence-corrected chi connectivity index (χ0v) is 8.87. The van der Waals surface area contributed by atoms with Gasteiger partial charge in [-0.05, 0) is 19.9 Å². The number of furan rings is 1. The summed E-state index contributed by atoms with van der Waals surface area (Å²) in [6, 6.07) is 1.70. The molecule has 0 aliphatic carbocycles. The van der Waals surface area contributed by atoms with Gasteiger partial charge in [0, 0.05) is 6.42 Å². The Kier molecular flexibility index (Phi) is 3.89. The minimum absolute atomic E-state index is 0.00991. The van der Waals surface area contributed by atoms with Crippen molar-refractivity contribution in [3.63, 3.8) is 0 Å². The van der Waals surface area contributed by atoms with Crippen LogP contribution < -0.4 is 0 Å². The molecular weight excluding hydrogens is 180 g/mol. The maximum absolute atomic E-state index is 11.6. The van der Waals surface area contributed by atoms with Gasteiger partial charge in [0.25, 0.3) is 0 Å². The van der Waals surface area contributed by atoms with E-state index in [1.165, 1.54) is 0 Å². The Bertz CT molecular complexity index is 299. The number of aryl methyl sites for hydroxylation is 1. The molecule has 0 N–H and O–H groups in total. The van der Waals surface area contributed by atoms with Crippen LogP contribution in [0.1, 0.15) is 36.9 Å². The number of rotatable bonds is 5. The van der Waals surface area contributed by atoms with E-state index in [1.54, 1.807) is 12.3 Å². The van der Waals surface area contributed by atoms with Gasteiger partial charge in [0.15, 0.2) is 5.78 Å². The van der Waals surface area contributed by atoms with Crippen LogP contribution in [0.4, 0.5) is 0 Å². The van der Waals surface area contributed by atoms with Gasteiger partial charge in [-0.2, -0.15) is 0 Å². The standard InChI is InChI=1S/C11H16O3/c1-4-11-9(5-6-13-11)10(12)7-14-8(2)3/h5-6,8H,4,7H2,1-3H3. The van der Waals surface area contributed by atoms with Gasteiger partial charge in [-0.15, -0.1) is 0 Å². The van der Waals surface area contributed by atoms with E-state index >= 15 is 0 Å². The summed E-state index contributed by atoms with van der Waals surface area (Å²) in [4.78, 5) is 11.6. The van der Waals surface area contributed by atoms with Gasteiger partial charge < -0.3 is 9.15 Å². The van der Waals surface area contributed by atoms with Crippen molar-refractivity contribution < 1.29 is 13.9 Å². The fourth-order valence-corrected chi connectivity index (χ4v) is 1.18. The summed E-state index contributed by atoms with van der Waals surface area (Å²) < 4.78 is 10.4. The van der Waals surface area contributed by atoms with E-state index in [-0.39, 0.29) is 18.5 Å². The van der Waals surface area contributed by atoms with E-state index in [2.05, 4.69) is 0 Å². The zero-order valence-electron chi connectivity index (χ0n) is 8.87. The van der Waals surface area contributed by atoms with E-state index in [0.29, 0.717) is 5.56 Å². The van der Waals surface area contributed by atoms with Crippen LogP contribution in [0.3, 0.4) is 0 Å². The molecule has 0 aromatic carbocycles. The smallest absolute Gasteiger partial charge is 0.191 e. The Balaban J connectivity index is 2.60. The molecule has 0 aliphatic rings. The van der Waals surface area contributed by atoms with Crippen molar-refractivity contribution in [2.45, 2.75) is 33.3 Å². The lowest BCUT2D eigenvalue weighted by Gasteiger charge is -2.05. The largest absolute Gasteiger partial charge is 0.469 e. The molecule has 0 saturated carbocycles. The lowest BCUT2D eigenvalue weighted by molar-refractivity contribution is 0.0583. The molecule has 1 heterocycles. The van der Waals surface area contributed by atoms with Crippen molar-refractivity contribution in [1.29, 1.82) is 0 Å². The summed E-state index contributed by atoms with van der Waals surface area (Å²) in [6.07, 6.45) is 2.35. The summed E-state index contributed by atoms with van der Waals surface area (Å²) in [5, 5.41) is 0. The third-order valence-corrected chi connectivity index (χ3v) is 1.91. The van der Waals surface area contributed by atoms with Gasteiger partial charge in [0.1, 0.15) is 12.4 Å². The number of hydrogen-bond donors (Lipinski definition) is 0. The van der Waals surface area contributed by atoms with Crippen LogP contribution in [0, 0.1) is 0 Å². The van der Waals surface area contributed by atoms with Crippen LogP contribution in [-0.2, 0) is 11.2 Å². The second-order valence-corrected chi connectivity index (χ2v) is 3.39. The Morgan fingerprint density at radius 1 is 1.57 bits per heavy atom. The number of Topliss-reactive ketones (excluding diaryl/α,β-unsaturated/α-hetero) is 1. The predicted octanol–water partition coefficient (Wildman–Crippen LogP) is 2.45. The van der Waals surface area contributed by atoms with Gasteiger partial charge in [-0.3, -0.25) is 4.79 Å². The number of ketones is 1. The molecule has 3 heteroatoms. The van der Waals surface area contributed by atoms with Crippen LogP contribution in [0.2, 0.25) is 0 Å². The molecule has 1 aromatic heterocycles. The molecule has 0 fully saturated rings. The van der Waals surface area contributed by atoms with Crippen molar-refractivity contribution in [3.05, 3.63) is 23.7 Å². The van der Waals surface area contributed by atoms with E-state index in [0.717, 1.165) is 12.2 Å². The van der Waals surface area contributed by atoms with Crippen LogP contribution >= 0.6 is 0 Å². The normalized spacial score (nSPS) is 10.9. The second-order valence-electron chi connectivity index (χ2n) is 3.39. The predicted molar refractivity (Wildman–Crippen MR) is 53.5 cm³/mol. The number of hydrogen-bond acceptors (Lipinski definition) is 3. The molecule has 0 saturated heterocycles. The molecule has 78 valence electrons. The monoisotopic (exact) mass is 196 g/mol. The molecule has 0 unspecified atom stereocenters. The van der Waals surface area contributed by atoms with E-state index in [4.69, 9.17) is 9.15 Å². The van der Waals surface area contributed by atoms with Crippen molar-refractivity contribution >= 4 is 5.78 Å². The summed E-state index contributed by atoms with van der Waals surface area (Å²) in [6.45, 7) is 5.90. The molecule has 14 heavy (non-hydrogen) atoms. The van der Waals surface area contributed by atoms with E-state index in [1.807, 2.05) is 20.8 Å². The fourth-order valence-electron chi connectivity index (χ4n) is 1.18. The first-order chi connectivity index (χ1) is 6.65. The van der Waals surface area contributed by atoms with Gasteiger partial charge in [0.05, 0.1) is 17.9 Å². The summed E-state index contributed by atoms with van der Waals surface area (Å²) in [5.41, 5.74) is 0.646. The summed E-state index contributed by atoms with van der Waals surface area (Å²) in [5.74, 6) is 0.728. The summed E-state index contributed by atoms with van der Waals surface area (Å²) in [7, 11) is 0. The lowest BCUT2D eigenvalue weighted by Crippen LogP contribution is -2.13. The lowest BCUT2D eigenvalue weighted by atomic mass is 10.1. The molecule has 0 spiro atoms. The van der Waals surface area contributed by atoms with Crippen LogP contribution in [0.25, 0.3) is 0 Å². The first kappa shape index (κ1) is 11.0. The van der Waals surface area contributed by atoms with Crippen molar-refractivity contribution in [1.82, 2.24) is 0 Å². The average molecular weight is 196 g/mol. The average Bonchev–Trinajstić information content (AvgIpc) is 2.61. The minimum atomic E-state index is -0.00991. The first-order valence-electron chi connectivity index (χ1n) is 4.86. The van der Waals surface area contributed by atoms with Crippen molar-refractivity contribution in [3.8, 4) is 0 Å². The van der Waals surface area contributed by atoms with Crippen molar-refractivity contribution in [2.24, 2.45) is 0 Å². The first-order valence-corrected chi connectivity index (χ1v) is 4.86. The molecule has 0 atom stereocenters. The maximum Gasteiger partial charge on any atom is 0.191 e. The van der Waals surface area contributed by atoms with E-state index in [9.17, 15) is 4.79 Å². The second kappa shape index (κ2) is 4.96. The van der Waals surface area contributed by atoms with Crippen LogP contribution in [-0.4, -0.2) is 18.5 Å². The van der Waals surface area contributed by atoms with Gasteiger partial charge in [0.2, 0.25) is 0 Å². The highest BCUT2D eigenvalue weighted by Gasteiger charge is 2.13. The molecule has 0 amide bonds. The highest BCUT2D eigenvalue weighted by molar-refractivity contribution is 5.97. The number of carbonyl (C=O) groups excluding carboxylic acids is 1. The Morgan fingerprint density at radius 2 is 2.29 bits per heavy atom. The topological polar surface area (TPSA) is 39.4 Å². The highest BCUT2D eigenvalue weighted by Crippen LogP contribution is 2.12. The molecule has 0 aliphatic heterocycles. The molecule has 0 radical (unpaired) electrons. The minimum Gasteiger partial charge on any atom is -0.469 e. The molecule has 1 rings (SSSR count). The fraction of sp³-hybridized carbons (Fsp3) is 0.545. The SMILES string of the molecule is CCc1occc1C(=O)COC(C)C. The maximum atomic E-state index is 11.6. The number of carbonyl (C=O) groups is 1. The quantitative estimate of drug-likeness (QED) is 0.679. The molecule has 3 nitrogen and oxygen atoms in total. The van der Waals surface area contributed by atoms with Gasteiger partial charge in [-0.1, -0.05) is 6.92 Å². The van der Waals surface area contributed by atoms with E-state index < -0.39 is 0 Å². The van der Waals surface area contributed by atoms with Crippen molar-refractivity contribution in [2.75, 3.05) is 6.61 Å². The zero-order chi connectivity index (χ0) is 10.6. The molecular formula is C11H16O3. The van der Waals surface area contributed by atoms with Gasteiger partial charge in [-0.25, -0.2) is 0 Å².